The number of amides is 1. The van der Waals surface area contributed by atoms with Crippen LogP contribution < -0.4 is 10.9 Å². The van der Waals surface area contributed by atoms with E-state index in [4.69, 9.17) is 9.47 Å². The molecule has 0 saturated heterocycles. The van der Waals surface area contributed by atoms with Crippen LogP contribution in [0, 0.1) is 0 Å². The van der Waals surface area contributed by atoms with Crippen molar-refractivity contribution in [1.82, 2.24) is 14.9 Å². The number of nitrogens with zero attached hydrogens (tertiary/aromatic N) is 2. The van der Waals surface area contributed by atoms with Gasteiger partial charge in [-0.15, -0.1) is 0 Å². The summed E-state index contributed by atoms with van der Waals surface area (Å²) in [4.78, 5) is 39.3. The average Bonchev–Trinajstić information content (AvgIpc) is 2.73. The summed E-state index contributed by atoms with van der Waals surface area (Å²) in [7, 11) is 0. The Bertz CT molecular complexity index is 748. The zero-order chi connectivity index (χ0) is 16.9. The van der Waals surface area contributed by atoms with Gasteiger partial charge in [0.1, 0.15) is 18.0 Å². The SMILES string of the molecule is CC(C)(C)OC(=O)NC1CC2COC(=O)c3c(O)c(=O)nc1n32. The van der Waals surface area contributed by atoms with E-state index in [0.29, 0.717) is 6.42 Å². The minimum atomic E-state index is -0.929. The quantitative estimate of drug-likeness (QED) is 0.727. The number of nitrogens with one attached hydrogen (secondary N) is 1. The molecule has 0 fully saturated rings. The van der Waals surface area contributed by atoms with Crippen LogP contribution in [-0.4, -0.2) is 38.9 Å². The van der Waals surface area contributed by atoms with Crippen molar-refractivity contribution in [3.05, 3.63) is 21.9 Å². The van der Waals surface area contributed by atoms with E-state index in [1.165, 1.54) is 4.57 Å². The van der Waals surface area contributed by atoms with E-state index in [9.17, 15) is 19.5 Å². The third-order valence-electron chi connectivity index (χ3n) is 3.61. The number of carbonyl (C=O) groups is 2. The highest BCUT2D eigenvalue weighted by Gasteiger charge is 2.42. The Balaban J connectivity index is 1.96. The maximum absolute atomic E-state index is 11.9. The van der Waals surface area contributed by atoms with Crippen LogP contribution in [0.3, 0.4) is 0 Å². The monoisotopic (exact) mass is 323 g/mol. The first kappa shape index (κ1) is 15.3. The Hall–Kier alpha value is -2.58. The van der Waals surface area contributed by atoms with E-state index in [1.807, 2.05) is 0 Å². The van der Waals surface area contributed by atoms with Crippen LogP contribution in [0.25, 0.3) is 0 Å². The number of rotatable bonds is 1. The molecule has 2 unspecified atom stereocenters. The Morgan fingerprint density at radius 1 is 1.43 bits per heavy atom. The molecule has 1 aromatic heterocycles. The number of esters is 1. The molecule has 0 aromatic carbocycles. The van der Waals surface area contributed by atoms with Gasteiger partial charge < -0.3 is 24.5 Å². The molecule has 0 bridgehead atoms. The Labute approximate surface area is 131 Å². The van der Waals surface area contributed by atoms with Crippen molar-refractivity contribution in [1.29, 1.82) is 0 Å². The van der Waals surface area contributed by atoms with Crippen molar-refractivity contribution in [2.24, 2.45) is 0 Å². The van der Waals surface area contributed by atoms with Crippen molar-refractivity contribution in [3.8, 4) is 5.75 Å². The third-order valence-corrected chi connectivity index (χ3v) is 3.61. The lowest BCUT2D eigenvalue weighted by Crippen LogP contribution is -2.35. The van der Waals surface area contributed by atoms with Gasteiger partial charge in [0.25, 0.3) is 0 Å². The van der Waals surface area contributed by atoms with Crippen LogP contribution >= 0.6 is 0 Å². The second kappa shape index (κ2) is 4.97. The van der Waals surface area contributed by atoms with Crippen LogP contribution in [-0.2, 0) is 9.47 Å². The van der Waals surface area contributed by atoms with E-state index < -0.39 is 35.0 Å². The lowest BCUT2D eigenvalue weighted by atomic mass is 10.1. The molecule has 0 spiro atoms. The van der Waals surface area contributed by atoms with E-state index in [0.717, 1.165) is 0 Å². The minimum Gasteiger partial charge on any atom is -0.501 e. The first-order valence-electron chi connectivity index (χ1n) is 7.19. The maximum atomic E-state index is 11.9. The first-order valence-corrected chi connectivity index (χ1v) is 7.19. The van der Waals surface area contributed by atoms with Gasteiger partial charge in [0, 0.05) is 0 Å². The number of alkyl carbamates (subject to hydrolysis) is 1. The number of carbonyl (C=O) groups excluding carboxylic acids is 2. The van der Waals surface area contributed by atoms with Gasteiger partial charge >= 0.3 is 17.6 Å². The van der Waals surface area contributed by atoms with E-state index in [2.05, 4.69) is 10.3 Å². The highest BCUT2D eigenvalue weighted by atomic mass is 16.6. The van der Waals surface area contributed by atoms with Crippen molar-refractivity contribution in [2.75, 3.05) is 6.61 Å². The summed E-state index contributed by atoms with van der Waals surface area (Å²) in [6.45, 7) is 5.29. The molecule has 9 nitrogen and oxygen atoms in total. The summed E-state index contributed by atoms with van der Waals surface area (Å²) in [6, 6.07) is -0.895. The highest BCUT2D eigenvalue weighted by Crippen LogP contribution is 2.38. The fourth-order valence-electron chi connectivity index (χ4n) is 2.79. The van der Waals surface area contributed by atoms with Gasteiger partial charge in [0.15, 0.2) is 5.69 Å². The molecule has 0 saturated carbocycles. The standard InChI is InChI=1S/C14H17N3O6/c1-14(2,3)23-13(21)15-7-4-6-5-22-12(20)8-9(18)11(19)16-10(7)17(6)8/h6-7,18H,4-5H2,1-3H3,(H,15,21). The fourth-order valence-corrected chi connectivity index (χ4v) is 2.79. The van der Waals surface area contributed by atoms with Gasteiger partial charge in [0.05, 0.1) is 12.1 Å². The van der Waals surface area contributed by atoms with Crippen molar-refractivity contribution < 1.29 is 24.2 Å². The van der Waals surface area contributed by atoms with Crippen LogP contribution in [0.1, 0.15) is 55.6 Å². The molecule has 0 aliphatic carbocycles. The number of aromatic hydroxyl groups is 1. The molecule has 0 radical (unpaired) electrons. The van der Waals surface area contributed by atoms with Gasteiger partial charge in [-0.25, -0.2) is 9.59 Å². The van der Waals surface area contributed by atoms with Crippen molar-refractivity contribution >= 4 is 12.1 Å². The van der Waals surface area contributed by atoms with E-state index in [-0.39, 0.29) is 24.2 Å². The molecule has 23 heavy (non-hydrogen) atoms. The Kier molecular flexibility index (Phi) is 3.31. The van der Waals surface area contributed by atoms with Crippen LogP contribution in [0.15, 0.2) is 4.79 Å². The van der Waals surface area contributed by atoms with Crippen LogP contribution in [0.5, 0.6) is 5.75 Å². The zero-order valence-corrected chi connectivity index (χ0v) is 13.0. The van der Waals surface area contributed by atoms with Gasteiger partial charge in [-0.3, -0.25) is 4.79 Å². The summed E-state index contributed by atoms with van der Waals surface area (Å²) in [5.74, 6) is -1.30. The number of aromatic nitrogens is 2. The third kappa shape index (κ3) is 2.62. The highest BCUT2D eigenvalue weighted by molar-refractivity contribution is 5.91. The lowest BCUT2D eigenvalue weighted by Gasteiger charge is -2.23. The second-order valence-corrected chi connectivity index (χ2v) is 6.53. The second-order valence-electron chi connectivity index (χ2n) is 6.53. The molecular weight excluding hydrogens is 306 g/mol. The van der Waals surface area contributed by atoms with Gasteiger partial charge in [-0.05, 0) is 27.2 Å². The molecule has 2 N–H and O–H groups in total. The van der Waals surface area contributed by atoms with Crippen LogP contribution in [0.4, 0.5) is 4.79 Å². The topological polar surface area (TPSA) is 120 Å². The molecule has 1 aromatic rings. The van der Waals surface area contributed by atoms with Gasteiger partial charge in [-0.2, -0.15) is 4.98 Å². The molecular formula is C14H17N3O6. The predicted molar refractivity (Wildman–Crippen MR) is 76.2 cm³/mol. The molecule has 124 valence electrons. The minimum absolute atomic E-state index is 0.0926. The Morgan fingerprint density at radius 2 is 2.13 bits per heavy atom. The molecule has 2 aliphatic heterocycles. The largest absolute Gasteiger partial charge is 0.501 e. The molecule has 1 amide bonds. The van der Waals surface area contributed by atoms with Crippen molar-refractivity contribution in [3.63, 3.8) is 0 Å². The fraction of sp³-hybridized carbons (Fsp3) is 0.571. The normalized spacial score (nSPS) is 22.3. The van der Waals surface area contributed by atoms with Crippen LogP contribution in [0.2, 0.25) is 0 Å². The van der Waals surface area contributed by atoms with Gasteiger partial charge in [0.2, 0.25) is 5.75 Å². The molecule has 3 rings (SSSR count). The molecule has 9 heteroatoms. The lowest BCUT2D eigenvalue weighted by molar-refractivity contribution is 0.0343. The smallest absolute Gasteiger partial charge is 0.408 e. The summed E-state index contributed by atoms with van der Waals surface area (Å²) in [5.41, 5.74) is -1.81. The average molecular weight is 323 g/mol. The Morgan fingerprint density at radius 3 is 2.78 bits per heavy atom. The number of hydrogen-bond donors (Lipinski definition) is 2. The summed E-state index contributed by atoms with van der Waals surface area (Å²) >= 11 is 0. The number of cyclic esters (lactones) is 1. The maximum Gasteiger partial charge on any atom is 0.408 e. The summed E-state index contributed by atoms with van der Waals surface area (Å²) in [6.07, 6.45) is -0.264. The van der Waals surface area contributed by atoms with Crippen molar-refractivity contribution in [2.45, 2.75) is 44.9 Å². The number of ether oxygens (including phenoxy) is 2. The zero-order valence-electron chi connectivity index (χ0n) is 13.0. The van der Waals surface area contributed by atoms with Gasteiger partial charge in [-0.1, -0.05) is 0 Å². The first-order chi connectivity index (χ1) is 10.7. The molecule has 2 aliphatic rings. The molecule has 2 atom stereocenters. The van der Waals surface area contributed by atoms with E-state index in [1.54, 1.807) is 20.8 Å². The molecule has 3 heterocycles. The number of hydrogen-bond acceptors (Lipinski definition) is 7. The summed E-state index contributed by atoms with van der Waals surface area (Å²) < 4.78 is 11.6. The predicted octanol–water partition coefficient (Wildman–Crippen LogP) is 0.630. The van der Waals surface area contributed by atoms with E-state index >= 15 is 0 Å². The summed E-state index contributed by atoms with van der Waals surface area (Å²) in [5, 5.41) is 12.4.